The quantitative estimate of drug-likeness (QED) is 0.709. The lowest BCUT2D eigenvalue weighted by Crippen LogP contribution is -1.84. The molecule has 0 unspecified atom stereocenters. The van der Waals surface area contributed by atoms with Gasteiger partial charge in [-0.1, -0.05) is 0 Å². The van der Waals surface area contributed by atoms with Crippen LogP contribution < -0.4 is 0 Å². The lowest BCUT2D eigenvalue weighted by Gasteiger charge is -1.86. The molecule has 2 aromatic rings. The van der Waals surface area contributed by atoms with E-state index in [1.54, 1.807) is 18.4 Å². The molecule has 0 fully saturated rings. The summed E-state index contributed by atoms with van der Waals surface area (Å²) in [6.45, 7) is 0. The van der Waals surface area contributed by atoms with Gasteiger partial charge < -0.3 is 8.83 Å². The normalized spacial score (nSPS) is 10.5. The van der Waals surface area contributed by atoms with E-state index in [-0.39, 0.29) is 0 Å². The van der Waals surface area contributed by atoms with Gasteiger partial charge in [0.1, 0.15) is 0 Å². The highest BCUT2D eigenvalue weighted by molar-refractivity contribution is 6.17. The fraction of sp³-hybridized carbons (Fsp3) is 0.250. The number of rotatable bonds is 3. The van der Waals surface area contributed by atoms with Crippen LogP contribution >= 0.6 is 11.6 Å². The van der Waals surface area contributed by atoms with E-state index in [1.165, 1.54) is 0 Å². The molecule has 0 aliphatic carbocycles. The molecule has 0 spiro atoms. The molecule has 0 aliphatic heterocycles. The summed E-state index contributed by atoms with van der Waals surface area (Å²) in [6, 6.07) is 3.53. The number of alkyl halides is 1. The van der Waals surface area contributed by atoms with Gasteiger partial charge in [0.15, 0.2) is 5.76 Å². The van der Waals surface area contributed by atoms with Crippen molar-refractivity contribution in [3.8, 4) is 11.7 Å². The van der Waals surface area contributed by atoms with Gasteiger partial charge in [0.25, 0.3) is 5.89 Å². The molecule has 0 N–H and O–H groups in total. The second-order valence-corrected chi connectivity index (χ2v) is 2.80. The Balaban J connectivity index is 2.23. The minimum atomic E-state index is 0.394. The fourth-order valence-corrected chi connectivity index (χ4v) is 1.10. The van der Waals surface area contributed by atoms with Crippen molar-refractivity contribution < 1.29 is 8.83 Å². The molecule has 0 saturated carbocycles. The molecule has 0 aromatic carbocycles. The Kier molecular flexibility index (Phi) is 2.31. The second-order valence-electron chi connectivity index (χ2n) is 2.42. The van der Waals surface area contributed by atoms with E-state index in [2.05, 4.69) is 10.2 Å². The SMILES string of the molecule is ClCCc1nnc(-c2ccco2)o1. The number of nitrogens with zero attached hydrogens (tertiary/aromatic N) is 2. The van der Waals surface area contributed by atoms with Gasteiger partial charge in [-0.3, -0.25) is 0 Å². The second kappa shape index (κ2) is 3.62. The molecular weight excluding hydrogens is 192 g/mol. The first-order chi connectivity index (χ1) is 6.40. The Hall–Kier alpha value is -1.29. The molecule has 0 atom stereocenters. The van der Waals surface area contributed by atoms with Gasteiger partial charge >= 0.3 is 0 Å². The van der Waals surface area contributed by atoms with Crippen LogP contribution in [0.4, 0.5) is 0 Å². The number of hydrogen-bond donors (Lipinski definition) is 0. The van der Waals surface area contributed by atoms with E-state index in [0.717, 1.165) is 0 Å². The lowest BCUT2D eigenvalue weighted by atomic mass is 10.4. The molecule has 2 rings (SSSR count). The van der Waals surface area contributed by atoms with E-state index in [9.17, 15) is 0 Å². The molecule has 5 heteroatoms. The number of aromatic nitrogens is 2. The van der Waals surface area contributed by atoms with Crippen LogP contribution in [0, 0.1) is 0 Å². The first kappa shape index (κ1) is 8.31. The molecule has 4 nitrogen and oxygen atoms in total. The van der Waals surface area contributed by atoms with Gasteiger partial charge in [0.2, 0.25) is 5.89 Å². The molecule has 0 aliphatic rings. The topological polar surface area (TPSA) is 52.1 Å². The molecule has 0 radical (unpaired) electrons. The van der Waals surface area contributed by atoms with E-state index in [4.69, 9.17) is 20.4 Å². The zero-order valence-corrected chi connectivity index (χ0v) is 7.49. The van der Waals surface area contributed by atoms with E-state index < -0.39 is 0 Å². The Bertz CT molecular complexity index is 369. The maximum absolute atomic E-state index is 5.52. The molecule has 68 valence electrons. The third-order valence-corrected chi connectivity index (χ3v) is 1.70. The molecule has 2 heterocycles. The van der Waals surface area contributed by atoms with Crippen molar-refractivity contribution in [3.63, 3.8) is 0 Å². The summed E-state index contributed by atoms with van der Waals surface area (Å²) in [6.07, 6.45) is 2.13. The Labute approximate surface area is 79.5 Å². The minimum Gasteiger partial charge on any atom is -0.459 e. The maximum Gasteiger partial charge on any atom is 0.283 e. The highest BCUT2D eigenvalue weighted by atomic mass is 35.5. The summed E-state index contributed by atoms with van der Waals surface area (Å²) in [4.78, 5) is 0. The number of furan rings is 1. The predicted octanol–water partition coefficient (Wildman–Crippen LogP) is 2.11. The summed E-state index contributed by atoms with van der Waals surface area (Å²) in [5.74, 6) is 1.97. The average Bonchev–Trinajstić information content (AvgIpc) is 2.70. The summed E-state index contributed by atoms with van der Waals surface area (Å²) < 4.78 is 10.3. The third kappa shape index (κ3) is 1.72. The van der Waals surface area contributed by atoms with Gasteiger partial charge in [-0.15, -0.1) is 21.8 Å². The van der Waals surface area contributed by atoms with Crippen LogP contribution in [-0.4, -0.2) is 16.1 Å². The van der Waals surface area contributed by atoms with Gasteiger partial charge in [0.05, 0.1) is 6.26 Å². The Morgan fingerprint density at radius 1 is 1.38 bits per heavy atom. The summed E-state index contributed by atoms with van der Waals surface area (Å²) in [7, 11) is 0. The third-order valence-electron chi connectivity index (χ3n) is 1.51. The first-order valence-electron chi connectivity index (χ1n) is 3.82. The van der Waals surface area contributed by atoms with E-state index >= 15 is 0 Å². The van der Waals surface area contributed by atoms with Crippen molar-refractivity contribution in [2.45, 2.75) is 6.42 Å². The van der Waals surface area contributed by atoms with Gasteiger partial charge in [-0.25, -0.2) is 0 Å². The van der Waals surface area contributed by atoms with Crippen LogP contribution in [0.3, 0.4) is 0 Å². The van der Waals surface area contributed by atoms with Crippen LogP contribution in [0.2, 0.25) is 0 Å². The number of hydrogen-bond acceptors (Lipinski definition) is 4. The summed E-state index contributed by atoms with van der Waals surface area (Å²) in [5, 5.41) is 7.61. The maximum atomic E-state index is 5.52. The molecule has 0 bridgehead atoms. The zero-order chi connectivity index (χ0) is 9.10. The largest absolute Gasteiger partial charge is 0.459 e. The van der Waals surface area contributed by atoms with E-state index in [1.807, 2.05) is 0 Å². The van der Waals surface area contributed by atoms with Gasteiger partial charge in [-0.05, 0) is 12.1 Å². The highest BCUT2D eigenvalue weighted by Crippen LogP contribution is 2.17. The highest BCUT2D eigenvalue weighted by Gasteiger charge is 2.09. The number of halogens is 1. The summed E-state index contributed by atoms with van der Waals surface area (Å²) in [5.41, 5.74) is 0. The Morgan fingerprint density at radius 2 is 2.31 bits per heavy atom. The smallest absolute Gasteiger partial charge is 0.283 e. The van der Waals surface area contributed by atoms with Crippen molar-refractivity contribution in [2.75, 3.05) is 5.88 Å². The van der Waals surface area contributed by atoms with Gasteiger partial charge in [0, 0.05) is 12.3 Å². The van der Waals surface area contributed by atoms with Gasteiger partial charge in [-0.2, -0.15) is 0 Å². The van der Waals surface area contributed by atoms with Crippen LogP contribution in [0.5, 0.6) is 0 Å². The van der Waals surface area contributed by atoms with E-state index in [0.29, 0.717) is 29.8 Å². The minimum absolute atomic E-state index is 0.394. The molecule has 0 amide bonds. The van der Waals surface area contributed by atoms with Crippen molar-refractivity contribution in [3.05, 3.63) is 24.3 Å². The predicted molar refractivity (Wildman–Crippen MR) is 46.4 cm³/mol. The molecule has 2 aromatic heterocycles. The lowest BCUT2D eigenvalue weighted by molar-refractivity contribution is 0.485. The zero-order valence-electron chi connectivity index (χ0n) is 6.74. The van der Waals surface area contributed by atoms with Crippen molar-refractivity contribution in [1.29, 1.82) is 0 Å². The summed E-state index contributed by atoms with van der Waals surface area (Å²) >= 11 is 5.52. The van der Waals surface area contributed by atoms with Crippen LogP contribution in [0.1, 0.15) is 5.89 Å². The number of aryl methyl sites for hydroxylation is 1. The van der Waals surface area contributed by atoms with Crippen LogP contribution in [0.15, 0.2) is 27.2 Å². The molecule has 0 saturated heterocycles. The first-order valence-corrected chi connectivity index (χ1v) is 4.36. The van der Waals surface area contributed by atoms with Crippen LogP contribution in [0.25, 0.3) is 11.7 Å². The van der Waals surface area contributed by atoms with Crippen LogP contribution in [-0.2, 0) is 6.42 Å². The Morgan fingerprint density at radius 3 is 3.00 bits per heavy atom. The molecular formula is C8H7ClN2O2. The van der Waals surface area contributed by atoms with Crippen molar-refractivity contribution in [1.82, 2.24) is 10.2 Å². The van der Waals surface area contributed by atoms with Crippen molar-refractivity contribution in [2.24, 2.45) is 0 Å². The average molecular weight is 199 g/mol. The molecule has 13 heavy (non-hydrogen) atoms. The fourth-order valence-electron chi connectivity index (χ4n) is 0.935. The standard InChI is InChI=1S/C8H7ClN2O2/c9-4-3-7-10-11-8(13-7)6-2-1-5-12-6/h1-2,5H,3-4H2. The monoisotopic (exact) mass is 198 g/mol. The van der Waals surface area contributed by atoms with Crippen molar-refractivity contribution >= 4 is 11.6 Å².